The molecule has 0 aliphatic carbocycles. The molecule has 1 nitrogen and oxygen atoms in total. The summed E-state index contributed by atoms with van der Waals surface area (Å²) in [5, 5.41) is 0.440. The molecular formula is C8H4Br3ClO. The van der Waals surface area contributed by atoms with Crippen LogP contribution in [0, 0.1) is 0 Å². The molecule has 0 bridgehead atoms. The Kier molecular flexibility index (Phi) is 3.98. The van der Waals surface area contributed by atoms with Crippen LogP contribution in [0.1, 0.15) is 10.4 Å². The Morgan fingerprint density at radius 3 is 2.23 bits per heavy atom. The first-order valence-corrected chi connectivity index (χ1v) is 6.04. The van der Waals surface area contributed by atoms with E-state index in [4.69, 9.17) is 11.6 Å². The molecule has 0 atom stereocenters. The van der Waals surface area contributed by atoms with Crippen LogP contribution in [0.5, 0.6) is 0 Å². The zero-order chi connectivity index (χ0) is 10.1. The summed E-state index contributed by atoms with van der Waals surface area (Å²) in [5.74, 6) is -0.168. The molecule has 1 aromatic carbocycles. The average molecular weight is 391 g/mol. The number of hydrogen-bond acceptors (Lipinski definition) is 1. The number of ketones is 1. The Hall–Kier alpha value is 0.620. The highest BCUT2D eigenvalue weighted by molar-refractivity contribution is 9.40. The van der Waals surface area contributed by atoms with Gasteiger partial charge in [-0.2, -0.15) is 0 Å². The third kappa shape index (κ3) is 3.05. The third-order valence-corrected chi connectivity index (χ3v) is 2.79. The van der Waals surface area contributed by atoms with Crippen molar-refractivity contribution in [3.8, 4) is 0 Å². The zero-order valence-electron chi connectivity index (χ0n) is 6.23. The van der Waals surface area contributed by atoms with Crippen LogP contribution in [0.2, 0.25) is 5.02 Å². The van der Waals surface area contributed by atoms with Crippen molar-refractivity contribution in [1.29, 1.82) is 0 Å². The number of halogens is 4. The van der Waals surface area contributed by atoms with Gasteiger partial charge in [-0.15, -0.1) is 0 Å². The van der Waals surface area contributed by atoms with E-state index in [-0.39, 0.29) is 5.78 Å². The molecule has 0 N–H and O–H groups in total. The fraction of sp³-hybridized carbons (Fsp3) is 0.125. The van der Waals surface area contributed by atoms with Gasteiger partial charge in [-0.1, -0.05) is 71.5 Å². The number of hydrogen-bond donors (Lipinski definition) is 0. The van der Waals surface area contributed by atoms with E-state index in [9.17, 15) is 4.79 Å². The summed E-state index contributed by atoms with van der Waals surface area (Å²) in [4.78, 5) is 11.7. The molecule has 1 aromatic rings. The van der Waals surface area contributed by atoms with Crippen LogP contribution < -0.4 is 0 Å². The Morgan fingerprint density at radius 1 is 1.23 bits per heavy atom. The maximum absolute atomic E-state index is 11.7. The van der Waals surface area contributed by atoms with Crippen LogP contribution in [-0.4, -0.2) is 7.93 Å². The van der Waals surface area contributed by atoms with Crippen molar-refractivity contribution in [2.75, 3.05) is 0 Å². The number of alkyl halides is 3. The molecule has 5 heteroatoms. The molecule has 0 saturated carbocycles. The molecule has 0 fully saturated rings. The van der Waals surface area contributed by atoms with Crippen molar-refractivity contribution in [2.45, 2.75) is 2.14 Å². The van der Waals surface area contributed by atoms with Gasteiger partial charge in [0.25, 0.3) is 0 Å². The maximum Gasteiger partial charge on any atom is 0.202 e. The summed E-state index contributed by atoms with van der Waals surface area (Å²) in [6.45, 7) is 0. The largest absolute Gasteiger partial charge is 0.291 e. The van der Waals surface area contributed by atoms with Gasteiger partial charge in [0.1, 0.15) is 0 Å². The highest BCUT2D eigenvalue weighted by Crippen LogP contribution is 2.38. The van der Waals surface area contributed by atoms with E-state index in [1.54, 1.807) is 24.3 Å². The molecule has 0 amide bonds. The van der Waals surface area contributed by atoms with Crippen molar-refractivity contribution in [3.63, 3.8) is 0 Å². The first-order valence-electron chi connectivity index (χ1n) is 3.29. The summed E-state index contributed by atoms with van der Waals surface area (Å²) in [6.07, 6.45) is 0. The molecule has 0 radical (unpaired) electrons. The van der Waals surface area contributed by atoms with E-state index >= 15 is 0 Å². The number of carbonyl (C=O) groups is 1. The highest BCUT2D eigenvalue weighted by Gasteiger charge is 2.30. The van der Waals surface area contributed by atoms with Crippen molar-refractivity contribution in [1.82, 2.24) is 0 Å². The van der Waals surface area contributed by atoms with Crippen LogP contribution in [0.4, 0.5) is 0 Å². The molecule has 0 aromatic heterocycles. The molecule has 0 heterocycles. The van der Waals surface area contributed by atoms with Crippen molar-refractivity contribution in [2.24, 2.45) is 0 Å². The number of rotatable bonds is 1. The molecule has 13 heavy (non-hydrogen) atoms. The highest BCUT2D eigenvalue weighted by atomic mass is 80.0. The lowest BCUT2D eigenvalue weighted by Crippen LogP contribution is -2.17. The third-order valence-electron chi connectivity index (χ3n) is 1.38. The average Bonchev–Trinajstić information content (AvgIpc) is 2.02. The van der Waals surface area contributed by atoms with E-state index in [2.05, 4.69) is 47.8 Å². The number of benzene rings is 1. The van der Waals surface area contributed by atoms with Gasteiger partial charge in [0, 0.05) is 5.56 Å². The molecule has 0 aliphatic rings. The second-order valence-electron chi connectivity index (χ2n) is 2.31. The SMILES string of the molecule is O=C(c1ccccc1Cl)C(Br)(Br)Br. The number of carbonyl (C=O) groups excluding carboxylic acids is 1. The van der Waals surface area contributed by atoms with Crippen LogP contribution in [0.3, 0.4) is 0 Å². The summed E-state index contributed by atoms with van der Waals surface area (Å²) < 4.78 is -0.933. The monoisotopic (exact) mass is 388 g/mol. The Labute approximate surface area is 106 Å². The lowest BCUT2D eigenvalue weighted by atomic mass is 10.1. The van der Waals surface area contributed by atoms with Crippen LogP contribution in [-0.2, 0) is 0 Å². The van der Waals surface area contributed by atoms with Crippen molar-refractivity contribution < 1.29 is 4.79 Å². The minimum absolute atomic E-state index is 0.168. The Morgan fingerprint density at radius 2 is 1.77 bits per heavy atom. The van der Waals surface area contributed by atoms with Crippen molar-refractivity contribution >= 4 is 65.2 Å². The van der Waals surface area contributed by atoms with E-state index in [1.165, 1.54) is 0 Å². The van der Waals surface area contributed by atoms with Gasteiger partial charge in [-0.05, 0) is 12.1 Å². The standard InChI is InChI=1S/C8H4Br3ClO/c9-8(10,11)7(13)5-3-1-2-4-6(5)12/h1-4H. The van der Waals surface area contributed by atoms with Crippen LogP contribution in [0.25, 0.3) is 0 Å². The topological polar surface area (TPSA) is 17.1 Å². The van der Waals surface area contributed by atoms with Gasteiger partial charge in [0.05, 0.1) is 5.02 Å². The molecule has 0 saturated heterocycles. The molecule has 1 rings (SSSR count). The molecule has 0 spiro atoms. The van der Waals surface area contributed by atoms with E-state index in [0.717, 1.165) is 0 Å². The predicted octanol–water partition coefficient (Wildman–Crippen LogP) is 4.36. The maximum atomic E-state index is 11.7. The summed E-state index contributed by atoms with van der Waals surface area (Å²) in [5.41, 5.74) is 0.467. The minimum atomic E-state index is -0.933. The summed E-state index contributed by atoms with van der Waals surface area (Å²) in [7, 11) is 0. The van der Waals surface area contributed by atoms with Gasteiger partial charge in [0.2, 0.25) is 5.78 Å². The lowest BCUT2D eigenvalue weighted by molar-refractivity contribution is 0.101. The Bertz CT molecular complexity index is 332. The smallest absolute Gasteiger partial charge is 0.202 e. The zero-order valence-corrected chi connectivity index (χ0v) is 11.7. The van der Waals surface area contributed by atoms with Crippen LogP contribution >= 0.6 is 59.4 Å². The van der Waals surface area contributed by atoms with E-state index in [0.29, 0.717) is 10.6 Å². The van der Waals surface area contributed by atoms with Gasteiger partial charge < -0.3 is 0 Å². The molecular weight excluding hydrogens is 387 g/mol. The quantitative estimate of drug-likeness (QED) is 0.514. The normalized spacial score (nSPS) is 11.4. The molecule has 0 aliphatic heterocycles. The fourth-order valence-electron chi connectivity index (χ4n) is 0.798. The van der Waals surface area contributed by atoms with Gasteiger partial charge in [-0.25, -0.2) is 0 Å². The van der Waals surface area contributed by atoms with Gasteiger partial charge in [0.15, 0.2) is 2.14 Å². The minimum Gasteiger partial charge on any atom is -0.291 e. The molecule has 70 valence electrons. The second-order valence-corrected chi connectivity index (χ2v) is 9.47. The lowest BCUT2D eigenvalue weighted by Gasteiger charge is -2.11. The first kappa shape index (κ1) is 11.7. The van der Waals surface area contributed by atoms with Crippen LogP contribution in [0.15, 0.2) is 24.3 Å². The Balaban J connectivity index is 3.10. The van der Waals surface area contributed by atoms with Gasteiger partial charge in [-0.3, -0.25) is 4.79 Å². The van der Waals surface area contributed by atoms with Crippen molar-refractivity contribution in [3.05, 3.63) is 34.9 Å². The second kappa shape index (κ2) is 4.43. The fourth-order valence-corrected chi connectivity index (χ4v) is 1.66. The van der Waals surface area contributed by atoms with E-state index in [1.807, 2.05) is 0 Å². The first-order chi connectivity index (χ1) is 5.93. The van der Waals surface area contributed by atoms with E-state index < -0.39 is 2.14 Å². The summed E-state index contributed by atoms with van der Waals surface area (Å²) in [6, 6.07) is 6.88. The van der Waals surface area contributed by atoms with Gasteiger partial charge >= 0.3 is 0 Å². The molecule has 0 unspecified atom stereocenters. The predicted molar refractivity (Wildman–Crippen MR) is 65.3 cm³/mol. The number of Topliss-reactive ketones (excluding diaryl/α,β-unsaturated/α-hetero) is 1. The summed E-state index contributed by atoms with van der Waals surface area (Å²) >= 11 is 15.3.